The number of hydrogen-bond acceptors (Lipinski definition) is 11. The third-order valence-corrected chi connectivity index (χ3v) is 15.2. The maximum atomic E-state index is 13.2. The first-order chi connectivity index (χ1) is 38.6. The summed E-state index contributed by atoms with van der Waals surface area (Å²) in [4.78, 5) is 51.3. The lowest BCUT2D eigenvalue weighted by Crippen LogP contribution is -2.61. The summed E-state index contributed by atoms with van der Waals surface area (Å²) in [6, 6.07) is 0. The van der Waals surface area contributed by atoms with E-state index in [1.165, 1.54) is 161 Å². The van der Waals surface area contributed by atoms with Gasteiger partial charge in [-0.15, -0.1) is 0 Å². The summed E-state index contributed by atoms with van der Waals surface area (Å²) in [6.07, 6.45) is 53.9. The van der Waals surface area contributed by atoms with Crippen molar-refractivity contribution in [1.29, 1.82) is 0 Å². The van der Waals surface area contributed by atoms with Crippen molar-refractivity contribution in [3.8, 4) is 0 Å². The predicted molar refractivity (Wildman–Crippen MR) is 322 cm³/mol. The fourth-order valence-electron chi connectivity index (χ4n) is 10.1. The Balaban J connectivity index is 2.62. The van der Waals surface area contributed by atoms with Crippen molar-refractivity contribution >= 4 is 23.9 Å². The fourth-order valence-corrected chi connectivity index (χ4v) is 10.1. The van der Waals surface area contributed by atoms with Crippen molar-refractivity contribution in [2.45, 2.75) is 353 Å². The Morgan fingerprint density at radius 1 is 0.418 bits per heavy atom. The molecular formula is C67H120O12. The quantitative estimate of drug-likeness (QED) is 0.0228. The number of aliphatic hydroxyl groups is 2. The van der Waals surface area contributed by atoms with Crippen LogP contribution in [0.25, 0.3) is 0 Å². The molecule has 0 bridgehead atoms. The van der Waals surface area contributed by atoms with Crippen LogP contribution in [0.15, 0.2) is 36.5 Å². The van der Waals surface area contributed by atoms with Gasteiger partial charge in [-0.3, -0.25) is 14.4 Å². The van der Waals surface area contributed by atoms with Crippen LogP contribution in [0.1, 0.15) is 316 Å². The highest BCUT2D eigenvalue weighted by molar-refractivity contribution is 5.74. The van der Waals surface area contributed by atoms with E-state index < -0.39 is 67.3 Å². The maximum Gasteiger partial charge on any atom is 0.335 e. The molecule has 0 aromatic carbocycles. The molecule has 0 saturated carbocycles. The predicted octanol–water partition coefficient (Wildman–Crippen LogP) is 17.6. The number of unbranched alkanes of at least 4 members (excludes halogenated alkanes) is 37. The molecule has 0 spiro atoms. The van der Waals surface area contributed by atoms with E-state index in [2.05, 4.69) is 57.2 Å². The van der Waals surface area contributed by atoms with Crippen LogP contribution in [-0.4, -0.2) is 89.2 Å². The van der Waals surface area contributed by atoms with Gasteiger partial charge in [0.25, 0.3) is 0 Å². The molecule has 3 N–H and O–H groups in total. The van der Waals surface area contributed by atoms with Gasteiger partial charge in [0.1, 0.15) is 18.8 Å². The van der Waals surface area contributed by atoms with E-state index in [9.17, 15) is 34.5 Å². The van der Waals surface area contributed by atoms with Gasteiger partial charge in [0.2, 0.25) is 0 Å². The lowest BCUT2D eigenvalue weighted by molar-refractivity contribution is -0.301. The molecule has 1 aliphatic rings. The molecule has 6 unspecified atom stereocenters. The second-order valence-electron chi connectivity index (χ2n) is 22.8. The van der Waals surface area contributed by atoms with Gasteiger partial charge in [0.05, 0.1) is 6.61 Å². The number of aliphatic hydroxyl groups excluding tert-OH is 2. The number of carbonyl (C=O) groups is 4. The summed E-state index contributed by atoms with van der Waals surface area (Å²) in [5.41, 5.74) is 0. The normalized spacial score (nSPS) is 18.0. The van der Waals surface area contributed by atoms with Gasteiger partial charge in [0.15, 0.2) is 24.6 Å². The molecule has 12 heteroatoms. The number of allylic oxidation sites excluding steroid dienone is 6. The van der Waals surface area contributed by atoms with E-state index >= 15 is 0 Å². The average Bonchev–Trinajstić information content (AvgIpc) is 3.47. The van der Waals surface area contributed by atoms with Crippen LogP contribution in [0.2, 0.25) is 0 Å². The van der Waals surface area contributed by atoms with Crippen molar-refractivity contribution in [3.05, 3.63) is 36.5 Å². The molecule has 1 aliphatic heterocycles. The van der Waals surface area contributed by atoms with Crippen molar-refractivity contribution < 1.29 is 58.2 Å². The van der Waals surface area contributed by atoms with Gasteiger partial charge in [-0.05, 0) is 77.0 Å². The van der Waals surface area contributed by atoms with Crippen LogP contribution in [0, 0.1) is 0 Å². The molecule has 1 fully saturated rings. The standard InChI is InChI=1S/C67H120O12/c1-4-7-10-13-16-19-22-25-27-29-30-32-34-37-40-43-46-49-52-55-61(70)78-65-63(72)62(71)64(66(73)74)79-67(65)76-57-58(77-60(69)54-51-48-45-42-39-35-24-21-18-15-12-9-6-3)56-75-59(68)53-50-47-44-41-38-36-33-31-28-26-23-20-17-14-11-8-5-2/h17,20-21,24,26,28,58,62-65,67,71-72H,4-16,18-19,22-23,25,27,29-57H2,1-3H3,(H,73,74)/b20-17-,24-21-,28-26-. The van der Waals surface area contributed by atoms with Gasteiger partial charge in [-0.25, -0.2) is 4.79 Å². The van der Waals surface area contributed by atoms with E-state index in [0.29, 0.717) is 19.3 Å². The molecule has 0 amide bonds. The average molecular weight is 1120 g/mol. The Morgan fingerprint density at radius 2 is 0.759 bits per heavy atom. The van der Waals surface area contributed by atoms with Gasteiger partial charge < -0.3 is 39.0 Å². The van der Waals surface area contributed by atoms with E-state index in [-0.39, 0.29) is 25.9 Å². The largest absolute Gasteiger partial charge is 0.479 e. The molecule has 0 aliphatic carbocycles. The van der Waals surface area contributed by atoms with Crippen molar-refractivity contribution in [3.63, 3.8) is 0 Å². The number of ether oxygens (including phenoxy) is 5. The molecule has 1 heterocycles. The highest BCUT2D eigenvalue weighted by atomic mass is 16.7. The van der Waals surface area contributed by atoms with Gasteiger partial charge in [-0.1, -0.05) is 256 Å². The minimum absolute atomic E-state index is 0.0647. The highest BCUT2D eigenvalue weighted by Crippen LogP contribution is 2.27. The molecule has 1 saturated heterocycles. The molecule has 12 nitrogen and oxygen atoms in total. The fraction of sp³-hybridized carbons (Fsp3) is 0.851. The van der Waals surface area contributed by atoms with Gasteiger partial charge in [0, 0.05) is 19.3 Å². The third kappa shape index (κ3) is 45.2. The van der Waals surface area contributed by atoms with Gasteiger partial charge in [-0.2, -0.15) is 0 Å². The molecule has 1 rings (SSSR count). The molecular weight excluding hydrogens is 997 g/mol. The molecule has 0 aromatic rings. The van der Waals surface area contributed by atoms with Crippen molar-refractivity contribution in [2.24, 2.45) is 0 Å². The summed E-state index contributed by atoms with van der Waals surface area (Å²) < 4.78 is 28.5. The minimum Gasteiger partial charge on any atom is -0.479 e. The SMILES string of the molecule is CCCCC/C=C\C/C=C\CCCCCCCCCC(=O)OCC(COC1OC(C(=O)O)C(O)C(O)C1OC(=O)CCCCCCCCCCCCCCCCCCCCC)OC(=O)CCCCCCC/C=C\CCCCCC. The highest BCUT2D eigenvalue weighted by Gasteiger charge is 2.50. The van der Waals surface area contributed by atoms with Crippen molar-refractivity contribution in [1.82, 2.24) is 0 Å². The number of rotatable bonds is 57. The Bertz CT molecular complexity index is 1510. The molecule has 0 radical (unpaired) electrons. The Morgan fingerprint density at radius 3 is 1.19 bits per heavy atom. The molecule has 6 atom stereocenters. The second-order valence-corrected chi connectivity index (χ2v) is 22.8. The monoisotopic (exact) mass is 1120 g/mol. The van der Waals surface area contributed by atoms with Crippen LogP contribution < -0.4 is 0 Å². The zero-order valence-electron chi connectivity index (χ0n) is 50.9. The summed E-state index contributed by atoms with van der Waals surface area (Å²) in [5.74, 6) is -3.11. The lowest BCUT2D eigenvalue weighted by Gasteiger charge is -2.40. The number of carboxylic acid groups (broad SMARTS) is 1. The molecule has 79 heavy (non-hydrogen) atoms. The zero-order valence-corrected chi connectivity index (χ0v) is 50.9. The second kappa shape index (κ2) is 55.5. The summed E-state index contributed by atoms with van der Waals surface area (Å²) in [5, 5.41) is 31.6. The molecule has 460 valence electrons. The Kier molecular flexibility index (Phi) is 51.9. The van der Waals surface area contributed by atoms with E-state index in [4.69, 9.17) is 23.7 Å². The number of carboxylic acids is 1. The van der Waals surface area contributed by atoms with Crippen molar-refractivity contribution in [2.75, 3.05) is 13.2 Å². The minimum atomic E-state index is -1.90. The summed E-state index contributed by atoms with van der Waals surface area (Å²) >= 11 is 0. The maximum absolute atomic E-state index is 13.2. The van der Waals surface area contributed by atoms with Crippen LogP contribution in [0.5, 0.6) is 0 Å². The number of aliphatic carboxylic acids is 1. The van der Waals surface area contributed by atoms with Crippen LogP contribution in [-0.2, 0) is 42.9 Å². The first kappa shape index (κ1) is 74.0. The first-order valence-electron chi connectivity index (χ1n) is 33.0. The van der Waals surface area contributed by atoms with Gasteiger partial charge >= 0.3 is 23.9 Å². The third-order valence-electron chi connectivity index (χ3n) is 15.2. The topological polar surface area (TPSA) is 175 Å². The summed E-state index contributed by atoms with van der Waals surface area (Å²) in [6.45, 7) is 5.99. The van der Waals surface area contributed by atoms with Crippen LogP contribution in [0.3, 0.4) is 0 Å². The Labute approximate surface area is 482 Å². The smallest absolute Gasteiger partial charge is 0.335 e. The zero-order chi connectivity index (χ0) is 57.5. The van der Waals surface area contributed by atoms with E-state index in [1.54, 1.807) is 0 Å². The molecule has 0 aromatic heterocycles. The number of carbonyl (C=O) groups excluding carboxylic acids is 3. The van der Waals surface area contributed by atoms with Crippen LogP contribution >= 0.6 is 0 Å². The van der Waals surface area contributed by atoms with E-state index in [0.717, 1.165) is 96.3 Å². The first-order valence-corrected chi connectivity index (χ1v) is 33.0. The number of hydrogen-bond donors (Lipinski definition) is 3. The Hall–Kier alpha value is -3.06. The van der Waals surface area contributed by atoms with Crippen LogP contribution in [0.4, 0.5) is 0 Å². The summed E-state index contributed by atoms with van der Waals surface area (Å²) in [7, 11) is 0. The number of esters is 3. The lowest BCUT2D eigenvalue weighted by atomic mass is 9.98. The van der Waals surface area contributed by atoms with E-state index in [1.807, 2.05) is 0 Å².